The molecule has 0 bridgehead atoms. The maximum absolute atomic E-state index is 13.6. The van der Waals surface area contributed by atoms with E-state index in [0.29, 0.717) is 5.56 Å². The van der Waals surface area contributed by atoms with Gasteiger partial charge in [0.25, 0.3) is 5.91 Å². The summed E-state index contributed by atoms with van der Waals surface area (Å²) < 4.78 is 47.2. The summed E-state index contributed by atoms with van der Waals surface area (Å²) >= 11 is 11.8. The van der Waals surface area contributed by atoms with Crippen LogP contribution in [0.15, 0.2) is 42.5 Å². The molecule has 0 radical (unpaired) electrons. The Hall–Kier alpha value is -3.24. The molecule has 0 spiro atoms. The van der Waals surface area contributed by atoms with Crippen LogP contribution in [0.4, 0.5) is 13.2 Å². The third-order valence-corrected chi connectivity index (χ3v) is 5.34. The first-order valence-corrected chi connectivity index (χ1v) is 10.0. The standard InChI is InChI=1S/C21H16Cl2F3N3O4/c1-10(11-3-5-12(6-4-11)20(31)32)27-18(30)16-17(21(24,25)26)28-29(2)19(16)33-13-7-8-14(22)15(23)9-13/h3-10H,1-2H3,(H,27,30)(H,31,32). The minimum Gasteiger partial charge on any atom is -0.478 e. The lowest BCUT2D eigenvalue weighted by molar-refractivity contribution is -0.141. The number of ether oxygens (including phenoxy) is 1. The van der Waals surface area contributed by atoms with E-state index in [4.69, 9.17) is 33.0 Å². The molecule has 3 rings (SSSR count). The Morgan fingerprint density at radius 1 is 1.12 bits per heavy atom. The fourth-order valence-corrected chi connectivity index (χ4v) is 3.24. The van der Waals surface area contributed by atoms with Crippen LogP contribution in [0.5, 0.6) is 11.6 Å². The SMILES string of the molecule is CC(NC(=O)c1c(C(F)(F)F)nn(C)c1Oc1ccc(Cl)c(Cl)c1)c1ccc(C(=O)O)cc1. The van der Waals surface area contributed by atoms with Crippen molar-refractivity contribution in [1.82, 2.24) is 15.1 Å². The third kappa shape index (κ3) is 5.40. The van der Waals surface area contributed by atoms with E-state index in [9.17, 15) is 22.8 Å². The van der Waals surface area contributed by atoms with Crippen LogP contribution in [0.2, 0.25) is 10.0 Å². The first-order chi connectivity index (χ1) is 15.4. The van der Waals surface area contributed by atoms with Gasteiger partial charge in [0.15, 0.2) is 5.69 Å². The molecule has 174 valence electrons. The van der Waals surface area contributed by atoms with Gasteiger partial charge in [-0.2, -0.15) is 18.3 Å². The summed E-state index contributed by atoms with van der Waals surface area (Å²) in [5.41, 5.74) is -1.73. The molecule has 1 atom stereocenters. The number of carboxylic acids is 1. The maximum Gasteiger partial charge on any atom is 0.436 e. The number of amides is 1. The van der Waals surface area contributed by atoms with Crippen LogP contribution in [0.1, 0.15) is 44.9 Å². The fraction of sp³-hybridized carbons (Fsp3) is 0.190. The molecule has 3 aromatic rings. The summed E-state index contributed by atoms with van der Waals surface area (Å²) in [6, 6.07) is 8.86. The van der Waals surface area contributed by atoms with E-state index in [2.05, 4.69) is 10.4 Å². The van der Waals surface area contributed by atoms with Gasteiger partial charge in [-0.05, 0) is 36.8 Å². The number of aromatic carboxylic acids is 1. The van der Waals surface area contributed by atoms with E-state index in [0.717, 1.165) is 4.68 Å². The highest BCUT2D eigenvalue weighted by Gasteiger charge is 2.42. The Labute approximate surface area is 195 Å². The molecule has 1 heterocycles. The zero-order chi connectivity index (χ0) is 24.5. The van der Waals surface area contributed by atoms with Crippen LogP contribution in [0, 0.1) is 0 Å². The zero-order valence-electron chi connectivity index (χ0n) is 17.1. The molecule has 7 nitrogen and oxygen atoms in total. The number of halogens is 5. The molecule has 1 unspecified atom stereocenters. The quantitative estimate of drug-likeness (QED) is 0.450. The highest BCUT2D eigenvalue weighted by Crippen LogP contribution is 2.38. The number of rotatable bonds is 6. The molecule has 0 saturated heterocycles. The first kappa shape index (κ1) is 24.4. The predicted octanol–water partition coefficient (Wildman–Crippen LogP) is 5.73. The van der Waals surface area contributed by atoms with E-state index in [1.807, 2.05) is 0 Å². The molecule has 1 amide bonds. The van der Waals surface area contributed by atoms with Gasteiger partial charge >= 0.3 is 12.1 Å². The highest BCUT2D eigenvalue weighted by atomic mass is 35.5. The number of hydrogen-bond acceptors (Lipinski definition) is 4. The van der Waals surface area contributed by atoms with Crippen molar-refractivity contribution >= 4 is 35.1 Å². The number of hydrogen-bond donors (Lipinski definition) is 2. The second kappa shape index (κ2) is 9.32. The number of carbonyl (C=O) groups is 2. The van der Waals surface area contributed by atoms with Gasteiger partial charge in [0.2, 0.25) is 5.88 Å². The van der Waals surface area contributed by atoms with Crippen LogP contribution in [-0.2, 0) is 13.2 Å². The van der Waals surface area contributed by atoms with Crippen LogP contribution in [-0.4, -0.2) is 26.8 Å². The van der Waals surface area contributed by atoms with Crippen LogP contribution < -0.4 is 10.1 Å². The minimum absolute atomic E-state index is 0.0289. The molecule has 2 N–H and O–H groups in total. The Morgan fingerprint density at radius 2 is 1.76 bits per heavy atom. The number of aryl methyl sites for hydroxylation is 1. The Morgan fingerprint density at radius 3 is 2.30 bits per heavy atom. The largest absolute Gasteiger partial charge is 0.478 e. The molecule has 0 fully saturated rings. The number of aromatic nitrogens is 2. The first-order valence-electron chi connectivity index (χ1n) is 9.29. The molecular weight excluding hydrogens is 486 g/mol. The van der Waals surface area contributed by atoms with Gasteiger partial charge in [-0.1, -0.05) is 35.3 Å². The number of nitrogens with one attached hydrogen (secondary N) is 1. The van der Waals surface area contributed by atoms with Crippen molar-refractivity contribution in [2.75, 3.05) is 0 Å². The van der Waals surface area contributed by atoms with Crippen LogP contribution in [0.3, 0.4) is 0 Å². The van der Waals surface area contributed by atoms with Gasteiger partial charge in [0, 0.05) is 13.1 Å². The van der Waals surface area contributed by atoms with E-state index in [1.54, 1.807) is 0 Å². The van der Waals surface area contributed by atoms with Crippen molar-refractivity contribution in [2.24, 2.45) is 7.05 Å². The van der Waals surface area contributed by atoms with Crippen molar-refractivity contribution in [2.45, 2.75) is 19.1 Å². The number of benzene rings is 2. The summed E-state index contributed by atoms with van der Waals surface area (Å²) in [5.74, 6) is -2.62. The lowest BCUT2D eigenvalue weighted by Crippen LogP contribution is -2.28. The Bertz CT molecular complexity index is 1210. The maximum atomic E-state index is 13.6. The second-order valence-corrected chi connectivity index (χ2v) is 7.76. The summed E-state index contributed by atoms with van der Waals surface area (Å²) in [5, 5.41) is 15.2. The van der Waals surface area contributed by atoms with Gasteiger partial charge in [0.1, 0.15) is 11.3 Å². The molecule has 2 aromatic carbocycles. The molecule has 0 aliphatic heterocycles. The minimum atomic E-state index is -4.93. The summed E-state index contributed by atoms with van der Waals surface area (Å²) in [4.78, 5) is 23.9. The number of nitrogens with zero attached hydrogens (tertiary/aromatic N) is 2. The molecule has 0 aliphatic carbocycles. The molecule has 12 heteroatoms. The summed E-state index contributed by atoms with van der Waals surface area (Å²) in [6.07, 6.45) is -4.93. The van der Waals surface area contributed by atoms with Crippen LogP contribution in [0.25, 0.3) is 0 Å². The van der Waals surface area contributed by atoms with Gasteiger partial charge in [-0.15, -0.1) is 0 Å². The van der Waals surface area contributed by atoms with Gasteiger partial charge < -0.3 is 15.2 Å². The lowest BCUT2D eigenvalue weighted by Gasteiger charge is -2.16. The fourth-order valence-electron chi connectivity index (χ4n) is 2.95. The number of carboxylic acid groups (broad SMARTS) is 1. The van der Waals surface area contributed by atoms with E-state index < -0.39 is 41.2 Å². The normalized spacial score (nSPS) is 12.3. The average molecular weight is 502 g/mol. The van der Waals surface area contributed by atoms with Gasteiger partial charge in [-0.25, -0.2) is 9.48 Å². The summed E-state index contributed by atoms with van der Waals surface area (Å²) in [7, 11) is 1.20. The number of carbonyl (C=O) groups excluding carboxylic acids is 1. The van der Waals surface area contributed by atoms with Crippen molar-refractivity contribution in [3.63, 3.8) is 0 Å². The van der Waals surface area contributed by atoms with E-state index in [-0.39, 0.29) is 21.4 Å². The zero-order valence-corrected chi connectivity index (χ0v) is 18.6. The van der Waals surface area contributed by atoms with Crippen LogP contribution >= 0.6 is 23.2 Å². The monoisotopic (exact) mass is 501 g/mol. The Balaban J connectivity index is 1.96. The van der Waals surface area contributed by atoms with Crippen molar-refractivity contribution in [3.8, 4) is 11.6 Å². The van der Waals surface area contributed by atoms with Crippen molar-refractivity contribution < 1.29 is 32.6 Å². The molecular formula is C21H16Cl2F3N3O4. The second-order valence-electron chi connectivity index (χ2n) is 6.95. The van der Waals surface area contributed by atoms with Gasteiger partial charge in [0.05, 0.1) is 21.7 Å². The van der Waals surface area contributed by atoms with Gasteiger partial charge in [-0.3, -0.25) is 4.79 Å². The topological polar surface area (TPSA) is 93.5 Å². The average Bonchev–Trinajstić information content (AvgIpc) is 3.07. The van der Waals surface area contributed by atoms with E-state index >= 15 is 0 Å². The molecule has 33 heavy (non-hydrogen) atoms. The van der Waals surface area contributed by atoms with Crippen molar-refractivity contribution in [1.29, 1.82) is 0 Å². The Kier molecular flexibility index (Phi) is 6.89. The molecule has 1 aromatic heterocycles. The predicted molar refractivity (Wildman–Crippen MR) is 114 cm³/mol. The van der Waals surface area contributed by atoms with Crippen molar-refractivity contribution in [3.05, 3.63) is 74.9 Å². The molecule has 0 saturated carbocycles. The summed E-state index contributed by atoms with van der Waals surface area (Å²) in [6.45, 7) is 1.54. The lowest BCUT2D eigenvalue weighted by atomic mass is 10.1. The molecule has 0 aliphatic rings. The highest BCUT2D eigenvalue weighted by molar-refractivity contribution is 6.42. The van der Waals surface area contributed by atoms with E-state index in [1.165, 1.54) is 56.4 Å². The smallest absolute Gasteiger partial charge is 0.436 e. The third-order valence-electron chi connectivity index (χ3n) is 4.60. The number of alkyl halides is 3.